The SMILES string of the molecule is C=C1CCC(CCN=O)/C1=C/CC. The standard InChI is InChI=1S/C11H17NO/c1-3-4-11-9(2)5-6-10(11)7-8-12-13/h4,10H,2-3,5-8H2,1H3/b11-4+. The molecule has 0 bridgehead atoms. The van der Waals surface area contributed by atoms with E-state index in [-0.39, 0.29) is 0 Å². The van der Waals surface area contributed by atoms with Crippen LogP contribution in [-0.2, 0) is 0 Å². The Kier molecular flexibility index (Phi) is 3.87. The van der Waals surface area contributed by atoms with Gasteiger partial charge in [0, 0.05) is 0 Å². The second-order valence-corrected chi connectivity index (χ2v) is 3.55. The summed E-state index contributed by atoms with van der Waals surface area (Å²) >= 11 is 0. The molecule has 2 heteroatoms. The molecule has 0 saturated heterocycles. The van der Waals surface area contributed by atoms with Gasteiger partial charge >= 0.3 is 0 Å². The normalized spacial score (nSPS) is 25.5. The Balaban J connectivity index is 2.58. The van der Waals surface area contributed by atoms with Gasteiger partial charge in [0.05, 0.1) is 6.54 Å². The molecule has 2 nitrogen and oxygen atoms in total. The van der Waals surface area contributed by atoms with E-state index in [0.29, 0.717) is 12.5 Å². The lowest BCUT2D eigenvalue weighted by Crippen LogP contribution is -1.99. The minimum atomic E-state index is 0.443. The van der Waals surface area contributed by atoms with E-state index in [1.807, 2.05) is 0 Å². The molecule has 0 amide bonds. The molecule has 1 atom stereocenters. The molecule has 0 heterocycles. The molecule has 0 aromatic carbocycles. The minimum Gasteiger partial charge on any atom is -0.151 e. The van der Waals surface area contributed by atoms with Crippen LogP contribution < -0.4 is 0 Å². The van der Waals surface area contributed by atoms with Crippen molar-refractivity contribution in [2.75, 3.05) is 6.54 Å². The van der Waals surface area contributed by atoms with Gasteiger partial charge in [0.2, 0.25) is 0 Å². The average molecular weight is 179 g/mol. The molecule has 1 saturated carbocycles. The second kappa shape index (κ2) is 4.95. The highest BCUT2D eigenvalue weighted by Gasteiger charge is 2.22. The lowest BCUT2D eigenvalue weighted by atomic mass is 9.97. The summed E-state index contributed by atoms with van der Waals surface area (Å²) in [6.07, 6.45) is 6.44. The Morgan fingerprint density at radius 2 is 2.46 bits per heavy atom. The van der Waals surface area contributed by atoms with Crippen molar-refractivity contribution in [1.82, 2.24) is 0 Å². The van der Waals surface area contributed by atoms with Crippen LogP contribution >= 0.6 is 0 Å². The van der Waals surface area contributed by atoms with Crippen molar-refractivity contribution in [3.05, 3.63) is 28.7 Å². The van der Waals surface area contributed by atoms with Crippen molar-refractivity contribution < 1.29 is 0 Å². The summed E-state index contributed by atoms with van der Waals surface area (Å²) in [6.45, 7) is 6.61. The zero-order valence-electron chi connectivity index (χ0n) is 8.25. The zero-order valence-corrected chi connectivity index (χ0v) is 8.25. The van der Waals surface area contributed by atoms with Crippen LogP contribution in [0.2, 0.25) is 0 Å². The van der Waals surface area contributed by atoms with Crippen LogP contribution in [-0.4, -0.2) is 6.54 Å². The van der Waals surface area contributed by atoms with Crippen molar-refractivity contribution in [2.45, 2.75) is 32.6 Å². The number of nitrogens with zero attached hydrogens (tertiary/aromatic N) is 1. The molecule has 0 radical (unpaired) electrons. The Morgan fingerprint density at radius 3 is 3.08 bits per heavy atom. The number of allylic oxidation sites excluding steroid dienone is 3. The van der Waals surface area contributed by atoms with E-state index in [1.54, 1.807) is 0 Å². The van der Waals surface area contributed by atoms with Gasteiger partial charge in [-0.05, 0) is 37.2 Å². The van der Waals surface area contributed by atoms with E-state index in [1.165, 1.54) is 11.1 Å². The number of hydrogen-bond acceptors (Lipinski definition) is 2. The predicted octanol–water partition coefficient (Wildman–Crippen LogP) is 3.45. The fourth-order valence-electron chi connectivity index (χ4n) is 1.98. The summed E-state index contributed by atoms with van der Waals surface area (Å²) in [5, 5.41) is 2.91. The number of rotatable bonds is 4. The van der Waals surface area contributed by atoms with Crippen LogP contribution in [0.1, 0.15) is 32.6 Å². The molecule has 0 N–H and O–H groups in total. The summed E-state index contributed by atoms with van der Waals surface area (Å²) < 4.78 is 0. The number of hydrogen-bond donors (Lipinski definition) is 0. The van der Waals surface area contributed by atoms with Crippen LogP contribution in [0.3, 0.4) is 0 Å². The van der Waals surface area contributed by atoms with Gasteiger partial charge in [0.25, 0.3) is 0 Å². The van der Waals surface area contributed by atoms with Crippen LogP contribution in [0, 0.1) is 10.8 Å². The molecule has 1 fully saturated rings. The number of nitroso groups, excluding NO2 is 1. The van der Waals surface area contributed by atoms with Gasteiger partial charge in [0.15, 0.2) is 0 Å². The van der Waals surface area contributed by atoms with Gasteiger partial charge < -0.3 is 0 Å². The molecular weight excluding hydrogens is 162 g/mol. The molecule has 1 aliphatic rings. The zero-order chi connectivity index (χ0) is 9.68. The fourth-order valence-corrected chi connectivity index (χ4v) is 1.98. The lowest BCUT2D eigenvalue weighted by Gasteiger charge is -2.09. The molecule has 0 aliphatic heterocycles. The van der Waals surface area contributed by atoms with Crippen molar-refractivity contribution in [3.63, 3.8) is 0 Å². The molecule has 72 valence electrons. The molecule has 0 aromatic rings. The minimum absolute atomic E-state index is 0.443. The Labute approximate surface area is 79.7 Å². The Morgan fingerprint density at radius 1 is 1.69 bits per heavy atom. The van der Waals surface area contributed by atoms with Crippen LogP contribution in [0.5, 0.6) is 0 Å². The van der Waals surface area contributed by atoms with Crippen molar-refractivity contribution >= 4 is 0 Å². The molecule has 13 heavy (non-hydrogen) atoms. The third-order valence-electron chi connectivity index (χ3n) is 2.64. The summed E-state index contributed by atoms with van der Waals surface area (Å²) in [7, 11) is 0. The topological polar surface area (TPSA) is 29.4 Å². The van der Waals surface area contributed by atoms with E-state index in [2.05, 4.69) is 24.8 Å². The quantitative estimate of drug-likeness (QED) is 0.608. The van der Waals surface area contributed by atoms with Crippen molar-refractivity contribution in [3.8, 4) is 0 Å². The first-order valence-corrected chi connectivity index (χ1v) is 4.97. The van der Waals surface area contributed by atoms with Crippen molar-refractivity contribution in [2.24, 2.45) is 11.1 Å². The summed E-state index contributed by atoms with van der Waals surface area (Å²) in [5.74, 6) is 0.546. The third kappa shape index (κ3) is 2.51. The largest absolute Gasteiger partial charge is 0.151 e. The molecule has 0 aromatic heterocycles. The van der Waals surface area contributed by atoms with Crippen LogP contribution in [0.15, 0.2) is 29.0 Å². The maximum absolute atomic E-state index is 10.0. The molecule has 1 aliphatic carbocycles. The average Bonchev–Trinajstić information content (AvgIpc) is 2.46. The lowest BCUT2D eigenvalue weighted by molar-refractivity contribution is 0.579. The highest BCUT2D eigenvalue weighted by atomic mass is 16.3. The van der Waals surface area contributed by atoms with E-state index in [4.69, 9.17) is 0 Å². The van der Waals surface area contributed by atoms with Crippen molar-refractivity contribution in [1.29, 1.82) is 0 Å². The highest BCUT2D eigenvalue weighted by Crippen LogP contribution is 2.37. The van der Waals surface area contributed by atoms with Gasteiger partial charge in [-0.15, -0.1) is 0 Å². The van der Waals surface area contributed by atoms with Crippen LogP contribution in [0.25, 0.3) is 0 Å². The second-order valence-electron chi connectivity index (χ2n) is 3.55. The van der Waals surface area contributed by atoms with E-state index in [9.17, 15) is 4.91 Å². The summed E-state index contributed by atoms with van der Waals surface area (Å²) in [5.41, 5.74) is 2.64. The smallest absolute Gasteiger partial charge is 0.0817 e. The molecule has 0 spiro atoms. The van der Waals surface area contributed by atoms with E-state index in [0.717, 1.165) is 25.7 Å². The summed E-state index contributed by atoms with van der Waals surface area (Å²) in [6, 6.07) is 0. The first-order valence-electron chi connectivity index (χ1n) is 4.97. The fraction of sp³-hybridized carbons (Fsp3) is 0.636. The van der Waals surface area contributed by atoms with Gasteiger partial charge in [0.1, 0.15) is 0 Å². The summed E-state index contributed by atoms with van der Waals surface area (Å²) in [4.78, 5) is 10.0. The first kappa shape index (κ1) is 10.2. The Bertz CT molecular complexity index is 230. The van der Waals surface area contributed by atoms with Gasteiger partial charge in [-0.3, -0.25) is 0 Å². The first-order chi connectivity index (χ1) is 6.29. The van der Waals surface area contributed by atoms with Gasteiger partial charge in [-0.2, -0.15) is 4.91 Å². The van der Waals surface area contributed by atoms with Crippen LogP contribution in [0.4, 0.5) is 0 Å². The predicted molar refractivity (Wildman–Crippen MR) is 55.5 cm³/mol. The Hall–Kier alpha value is -0.920. The molecule has 1 rings (SSSR count). The van der Waals surface area contributed by atoms with E-state index < -0.39 is 0 Å². The maximum Gasteiger partial charge on any atom is 0.0817 e. The van der Waals surface area contributed by atoms with Gasteiger partial charge in [-0.25, -0.2) is 0 Å². The highest BCUT2D eigenvalue weighted by molar-refractivity contribution is 5.35. The third-order valence-corrected chi connectivity index (χ3v) is 2.64. The van der Waals surface area contributed by atoms with Gasteiger partial charge in [-0.1, -0.05) is 30.3 Å². The molecular formula is C11H17NO. The van der Waals surface area contributed by atoms with E-state index >= 15 is 0 Å². The maximum atomic E-state index is 10.0. The monoisotopic (exact) mass is 179 g/mol. The molecule has 1 unspecified atom stereocenters.